The fourth-order valence-electron chi connectivity index (χ4n) is 2.09. The summed E-state index contributed by atoms with van der Waals surface area (Å²) in [6, 6.07) is 1.98. The van der Waals surface area contributed by atoms with Crippen LogP contribution in [0, 0.1) is 20.8 Å². The largest absolute Gasteiger partial charge is 0.313 e. The Bertz CT molecular complexity index is 586. The van der Waals surface area contributed by atoms with Crippen molar-refractivity contribution in [2.24, 2.45) is 7.05 Å². The van der Waals surface area contributed by atoms with E-state index in [2.05, 4.69) is 27.3 Å². The number of nitrogens with one attached hydrogen (secondary N) is 1. The molecule has 0 saturated carbocycles. The molecule has 0 bridgehead atoms. The van der Waals surface area contributed by atoms with Crippen molar-refractivity contribution in [1.82, 2.24) is 25.1 Å². The van der Waals surface area contributed by atoms with Gasteiger partial charge in [-0.25, -0.2) is 9.97 Å². The van der Waals surface area contributed by atoms with Gasteiger partial charge in [0.25, 0.3) is 0 Å². The molecule has 0 aromatic carbocycles. The van der Waals surface area contributed by atoms with Crippen LogP contribution in [0.2, 0.25) is 0 Å². The third kappa shape index (κ3) is 3.37. The third-order valence-electron chi connectivity index (χ3n) is 2.99. The number of rotatable bonds is 5. The third-order valence-corrected chi connectivity index (χ3v) is 4.06. The van der Waals surface area contributed by atoms with Crippen LogP contribution in [0.15, 0.2) is 16.2 Å². The molecule has 6 heteroatoms. The number of aromatic nitrogens is 4. The Morgan fingerprint density at radius 3 is 2.45 bits per heavy atom. The molecule has 2 rings (SSSR count). The van der Waals surface area contributed by atoms with Gasteiger partial charge in [0, 0.05) is 30.5 Å². The van der Waals surface area contributed by atoms with Crippen LogP contribution in [0.3, 0.4) is 0 Å². The van der Waals surface area contributed by atoms with E-state index in [1.165, 1.54) is 5.56 Å². The second-order valence-electron chi connectivity index (χ2n) is 4.81. The second-order valence-corrected chi connectivity index (χ2v) is 5.76. The second kappa shape index (κ2) is 6.37. The van der Waals surface area contributed by atoms with Gasteiger partial charge < -0.3 is 5.32 Å². The highest BCUT2D eigenvalue weighted by Crippen LogP contribution is 2.29. The van der Waals surface area contributed by atoms with Crippen molar-refractivity contribution < 1.29 is 0 Å². The molecule has 2 aromatic heterocycles. The van der Waals surface area contributed by atoms with E-state index in [0.29, 0.717) is 0 Å². The summed E-state index contributed by atoms with van der Waals surface area (Å²) in [5.41, 5.74) is 4.27. The summed E-state index contributed by atoms with van der Waals surface area (Å²) in [5, 5.41) is 9.75. The molecule has 0 spiro atoms. The summed E-state index contributed by atoms with van der Waals surface area (Å²) in [6.07, 6.45) is 0. The number of hydrogen-bond acceptors (Lipinski definition) is 5. The summed E-state index contributed by atoms with van der Waals surface area (Å²) in [5.74, 6) is 0. The maximum Gasteiger partial charge on any atom is 0.194 e. The molecule has 0 radical (unpaired) electrons. The van der Waals surface area contributed by atoms with Crippen molar-refractivity contribution in [1.29, 1.82) is 0 Å². The Morgan fingerprint density at radius 2 is 1.85 bits per heavy atom. The average molecular weight is 291 g/mol. The van der Waals surface area contributed by atoms with Gasteiger partial charge >= 0.3 is 0 Å². The van der Waals surface area contributed by atoms with E-state index in [1.54, 1.807) is 11.8 Å². The van der Waals surface area contributed by atoms with E-state index in [1.807, 2.05) is 38.6 Å². The van der Waals surface area contributed by atoms with Gasteiger partial charge in [-0.2, -0.15) is 5.10 Å². The Kier molecular flexibility index (Phi) is 4.77. The fraction of sp³-hybridized carbons (Fsp3) is 0.500. The molecule has 0 amide bonds. The van der Waals surface area contributed by atoms with Crippen molar-refractivity contribution in [3.8, 4) is 0 Å². The van der Waals surface area contributed by atoms with E-state index < -0.39 is 0 Å². The van der Waals surface area contributed by atoms with Crippen molar-refractivity contribution >= 4 is 11.8 Å². The molecule has 2 aromatic rings. The Morgan fingerprint density at radius 1 is 1.20 bits per heavy atom. The monoisotopic (exact) mass is 291 g/mol. The molecule has 0 aliphatic carbocycles. The van der Waals surface area contributed by atoms with E-state index in [9.17, 15) is 0 Å². The zero-order valence-corrected chi connectivity index (χ0v) is 13.5. The van der Waals surface area contributed by atoms with Crippen LogP contribution in [0.5, 0.6) is 0 Å². The van der Waals surface area contributed by atoms with Gasteiger partial charge in [0.1, 0.15) is 5.03 Å². The summed E-state index contributed by atoms with van der Waals surface area (Å²) < 4.78 is 1.91. The Labute approximate surface area is 124 Å². The van der Waals surface area contributed by atoms with Crippen LogP contribution in [-0.2, 0) is 13.6 Å². The number of nitrogens with zero attached hydrogens (tertiary/aromatic N) is 4. The SMILES string of the molecule is CCNCc1c(C)nn(C)c1Sc1nc(C)cc(C)n1. The molecule has 108 valence electrons. The molecule has 20 heavy (non-hydrogen) atoms. The van der Waals surface area contributed by atoms with Crippen LogP contribution in [-0.4, -0.2) is 26.3 Å². The molecule has 0 aliphatic rings. The lowest BCUT2D eigenvalue weighted by molar-refractivity contribution is 0.672. The average Bonchev–Trinajstić information content (AvgIpc) is 2.61. The van der Waals surface area contributed by atoms with Crippen LogP contribution in [0.4, 0.5) is 0 Å². The van der Waals surface area contributed by atoms with Gasteiger partial charge in [-0.1, -0.05) is 6.92 Å². The van der Waals surface area contributed by atoms with Gasteiger partial charge in [-0.05, 0) is 45.1 Å². The predicted octanol–water partition coefficient (Wildman–Crippen LogP) is 2.40. The number of hydrogen-bond donors (Lipinski definition) is 1. The summed E-state index contributed by atoms with van der Waals surface area (Å²) in [7, 11) is 1.97. The van der Waals surface area contributed by atoms with Crippen molar-refractivity contribution in [3.05, 3.63) is 28.7 Å². The standard InChI is InChI=1S/C14H21N5S/c1-6-15-8-12-11(4)18-19(5)13(12)20-14-16-9(2)7-10(3)17-14/h7,15H,6,8H2,1-5H3. The molecule has 0 aliphatic heterocycles. The quantitative estimate of drug-likeness (QED) is 0.857. The molecular weight excluding hydrogens is 270 g/mol. The topological polar surface area (TPSA) is 55.6 Å². The molecule has 0 atom stereocenters. The van der Waals surface area contributed by atoms with Crippen molar-refractivity contribution in [2.75, 3.05) is 6.54 Å². The van der Waals surface area contributed by atoms with E-state index >= 15 is 0 Å². The molecule has 0 fully saturated rings. The summed E-state index contributed by atoms with van der Waals surface area (Å²) in [6.45, 7) is 9.89. The number of aryl methyl sites for hydroxylation is 4. The molecule has 1 N–H and O–H groups in total. The lowest BCUT2D eigenvalue weighted by atomic mass is 10.2. The predicted molar refractivity (Wildman–Crippen MR) is 81.0 cm³/mol. The van der Waals surface area contributed by atoms with E-state index in [-0.39, 0.29) is 0 Å². The van der Waals surface area contributed by atoms with Crippen LogP contribution < -0.4 is 5.32 Å². The molecule has 5 nitrogen and oxygen atoms in total. The fourth-order valence-corrected chi connectivity index (χ4v) is 3.16. The molecule has 0 saturated heterocycles. The minimum Gasteiger partial charge on any atom is -0.313 e. The normalized spacial score (nSPS) is 11.1. The Hall–Kier alpha value is -1.40. The first kappa shape index (κ1) is 15.0. The first-order valence-corrected chi connectivity index (χ1v) is 7.56. The lowest BCUT2D eigenvalue weighted by Gasteiger charge is -2.07. The van der Waals surface area contributed by atoms with Crippen molar-refractivity contribution in [2.45, 2.75) is 44.4 Å². The van der Waals surface area contributed by atoms with Gasteiger partial charge in [0.15, 0.2) is 5.16 Å². The Balaban J connectivity index is 2.32. The van der Waals surface area contributed by atoms with Gasteiger partial charge in [0.05, 0.1) is 5.69 Å². The molecule has 0 unspecified atom stereocenters. The molecule has 2 heterocycles. The van der Waals surface area contributed by atoms with Gasteiger partial charge in [-0.3, -0.25) is 4.68 Å². The highest BCUT2D eigenvalue weighted by atomic mass is 32.2. The zero-order valence-electron chi connectivity index (χ0n) is 12.7. The minimum atomic E-state index is 0.781. The summed E-state index contributed by atoms with van der Waals surface area (Å²) in [4.78, 5) is 8.98. The van der Waals surface area contributed by atoms with Crippen LogP contribution in [0.1, 0.15) is 29.6 Å². The van der Waals surface area contributed by atoms with Crippen LogP contribution >= 0.6 is 11.8 Å². The smallest absolute Gasteiger partial charge is 0.194 e. The van der Waals surface area contributed by atoms with Gasteiger partial charge in [-0.15, -0.1) is 0 Å². The molecular formula is C14H21N5S. The minimum absolute atomic E-state index is 0.781. The highest BCUT2D eigenvalue weighted by molar-refractivity contribution is 7.99. The van der Waals surface area contributed by atoms with Crippen LogP contribution in [0.25, 0.3) is 0 Å². The first-order chi connectivity index (χ1) is 9.51. The highest BCUT2D eigenvalue weighted by Gasteiger charge is 2.15. The zero-order chi connectivity index (χ0) is 14.7. The van der Waals surface area contributed by atoms with Gasteiger partial charge in [0.2, 0.25) is 0 Å². The maximum absolute atomic E-state index is 4.51. The van der Waals surface area contributed by atoms with E-state index in [0.717, 1.165) is 40.4 Å². The van der Waals surface area contributed by atoms with E-state index in [4.69, 9.17) is 0 Å². The summed E-state index contributed by atoms with van der Waals surface area (Å²) >= 11 is 1.58. The van der Waals surface area contributed by atoms with Crippen molar-refractivity contribution in [3.63, 3.8) is 0 Å². The maximum atomic E-state index is 4.51. The first-order valence-electron chi connectivity index (χ1n) is 6.74. The lowest BCUT2D eigenvalue weighted by Crippen LogP contribution is -2.13.